The maximum Gasteiger partial charge on any atom is 0.342 e. The van der Waals surface area contributed by atoms with Gasteiger partial charge in [-0.05, 0) is 25.1 Å². The smallest absolute Gasteiger partial charge is 0.342 e. The number of carbonyl (C=O) groups is 2. The van der Waals surface area contributed by atoms with Crippen molar-refractivity contribution < 1.29 is 28.2 Å². The molecule has 5 nitrogen and oxygen atoms in total. The van der Waals surface area contributed by atoms with Crippen LogP contribution in [0, 0.1) is 11.6 Å². The molecule has 1 atom stereocenters. The molecule has 2 rings (SSSR count). The molecule has 0 saturated heterocycles. The Balaban J connectivity index is 1.91. The standard InChI is InChI=1S/C17H15F2NO4/c1-10(12-7-6-11(18)8-14(12)19)20-16(22)9-24-17(23)13-4-2-3-5-15(13)21/h2-8,10,21H,9H2,1H3,(H,20,22)/t10-/m0/s1. The van der Waals surface area contributed by atoms with Crippen LogP contribution in [0.3, 0.4) is 0 Å². The predicted octanol–water partition coefficient (Wildman–Crippen LogP) is 2.70. The first-order valence-electron chi connectivity index (χ1n) is 7.08. The Morgan fingerprint density at radius 1 is 1.21 bits per heavy atom. The van der Waals surface area contributed by atoms with Gasteiger partial charge in [0, 0.05) is 11.6 Å². The number of benzene rings is 2. The summed E-state index contributed by atoms with van der Waals surface area (Å²) in [7, 11) is 0. The van der Waals surface area contributed by atoms with E-state index in [1.807, 2.05) is 0 Å². The summed E-state index contributed by atoms with van der Waals surface area (Å²) in [4.78, 5) is 23.5. The molecule has 0 aliphatic carbocycles. The summed E-state index contributed by atoms with van der Waals surface area (Å²) in [6.45, 7) is 0.916. The fourth-order valence-corrected chi connectivity index (χ4v) is 2.07. The Morgan fingerprint density at radius 2 is 1.92 bits per heavy atom. The molecule has 0 fully saturated rings. The highest BCUT2D eigenvalue weighted by atomic mass is 19.1. The molecule has 0 bridgehead atoms. The quantitative estimate of drug-likeness (QED) is 0.824. The number of amides is 1. The molecular formula is C17H15F2NO4. The number of rotatable bonds is 5. The van der Waals surface area contributed by atoms with Crippen LogP contribution in [0.5, 0.6) is 5.75 Å². The number of hydrogen-bond donors (Lipinski definition) is 2. The molecule has 2 aromatic rings. The van der Waals surface area contributed by atoms with Gasteiger partial charge in [0.1, 0.15) is 22.9 Å². The van der Waals surface area contributed by atoms with Crippen LogP contribution in [0.2, 0.25) is 0 Å². The lowest BCUT2D eigenvalue weighted by atomic mass is 10.1. The molecule has 2 N–H and O–H groups in total. The van der Waals surface area contributed by atoms with Crippen molar-refractivity contribution in [3.05, 3.63) is 65.2 Å². The number of phenols is 1. The number of para-hydroxylation sites is 1. The number of halogens is 2. The molecule has 1 amide bonds. The number of ether oxygens (including phenoxy) is 1. The molecule has 0 radical (unpaired) electrons. The second-order valence-corrected chi connectivity index (χ2v) is 5.05. The van der Waals surface area contributed by atoms with Gasteiger partial charge >= 0.3 is 5.97 Å². The van der Waals surface area contributed by atoms with Crippen LogP contribution in [0.1, 0.15) is 28.9 Å². The van der Waals surface area contributed by atoms with E-state index >= 15 is 0 Å². The largest absolute Gasteiger partial charge is 0.507 e. The zero-order valence-electron chi connectivity index (χ0n) is 12.8. The Labute approximate surface area is 136 Å². The van der Waals surface area contributed by atoms with Crippen molar-refractivity contribution in [1.29, 1.82) is 0 Å². The molecule has 24 heavy (non-hydrogen) atoms. The molecule has 0 unspecified atom stereocenters. The van der Waals surface area contributed by atoms with Gasteiger partial charge in [0.2, 0.25) is 0 Å². The SMILES string of the molecule is C[C@H](NC(=O)COC(=O)c1ccccc1O)c1ccc(F)cc1F. The Kier molecular flexibility index (Phi) is 5.47. The van der Waals surface area contributed by atoms with Crippen LogP contribution in [0.4, 0.5) is 8.78 Å². The Bertz CT molecular complexity index is 764. The molecule has 2 aromatic carbocycles. The molecule has 0 saturated carbocycles. The van der Waals surface area contributed by atoms with Gasteiger partial charge < -0.3 is 15.2 Å². The first kappa shape index (κ1) is 17.4. The lowest BCUT2D eigenvalue weighted by Gasteiger charge is -2.15. The maximum atomic E-state index is 13.6. The third-order valence-corrected chi connectivity index (χ3v) is 3.26. The number of hydrogen-bond acceptors (Lipinski definition) is 4. The average Bonchev–Trinajstić information content (AvgIpc) is 2.52. The zero-order chi connectivity index (χ0) is 17.7. The van der Waals surface area contributed by atoms with E-state index in [-0.39, 0.29) is 16.9 Å². The lowest BCUT2D eigenvalue weighted by molar-refractivity contribution is -0.124. The number of phenolic OH excluding ortho intramolecular Hbond substituents is 1. The number of carbonyl (C=O) groups excluding carboxylic acids is 2. The van der Waals surface area contributed by atoms with E-state index in [2.05, 4.69) is 5.32 Å². The minimum atomic E-state index is -0.858. The highest BCUT2D eigenvalue weighted by Gasteiger charge is 2.17. The van der Waals surface area contributed by atoms with Gasteiger partial charge in [-0.15, -0.1) is 0 Å². The van der Waals surface area contributed by atoms with Gasteiger partial charge in [-0.2, -0.15) is 0 Å². The summed E-state index contributed by atoms with van der Waals surface area (Å²) in [5, 5.41) is 12.0. The minimum Gasteiger partial charge on any atom is -0.507 e. The van der Waals surface area contributed by atoms with Crippen molar-refractivity contribution in [3.63, 3.8) is 0 Å². The van der Waals surface area contributed by atoms with Gasteiger partial charge in [0.15, 0.2) is 6.61 Å². The van der Waals surface area contributed by atoms with Crippen molar-refractivity contribution >= 4 is 11.9 Å². The van der Waals surface area contributed by atoms with Crippen LogP contribution in [-0.4, -0.2) is 23.6 Å². The van der Waals surface area contributed by atoms with E-state index in [9.17, 15) is 23.5 Å². The summed E-state index contributed by atoms with van der Waals surface area (Å²) in [6.07, 6.45) is 0. The average molecular weight is 335 g/mol. The summed E-state index contributed by atoms with van der Waals surface area (Å²) < 4.78 is 31.3. The lowest BCUT2D eigenvalue weighted by Crippen LogP contribution is -2.31. The van der Waals surface area contributed by atoms with Crippen LogP contribution >= 0.6 is 0 Å². The molecule has 0 aromatic heterocycles. The summed E-state index contributed by atoms with van der Waals surface area (Å²) in [6, 6.07) is 8.04. The van der Waals surface area contributed by atoms with Crippen molar-refractivity contribution in [2.75, 3.05) is 6.61 Å². The molecule has 0 heterocycles. The number of aromatic hydroxyl groups is 1. The highest BCUT2D eigenvalue weighted by Crippen LogP contribution is 2.18. The monoisotopic (exact) mass is 335 g/mol. The number of esters is 1. The van der Waals surface area contributed by atoms with E-state index in [0.717, 1.165) is 12.1 Å². The van der Waals surface area contributed by atoms with Crippen molar-refractivity contribution in [2.24, 2.45) is 0 Å². The fraction of sp³-hybridized carbons (Fsp3) is 0.176. The molecule has 0 spiro atoms. The van der Waals surface area contributed by atoms with Gasteiger partial charge in [0.25, 0.3) is 5.91 Å². The van der Waals surface area contributed by atoms with E-state index in [4.69, 9.17) is 4.74 Å². The molecule has 7 heteroatoms. The van der Waals surface area contributed by atoms with Gasteiger partial charge in [-0.25, -0.2) is 13.6 Å². The third-order valence-electron chi connectivity index (χ3n) is 3.26. The highest BCUT2D eigenvalue weighted by molar-refractivity contribution is 5.93. The third kappa shape index (κ3) is 4.28. The van der Waals surface area contributed by atoms with Crippen LogP contribution < -0.4 is 5.32 Å². The summed E-state index contributed by atoms with van der Waals surface area (Å²) in [5.74, 6) is -3.27. The molecule has 0 aliphatic heterocycles. The van der Waals surface area contributed by atoms with E-state index < -0.39 is 36.2 Å². The summed E-state index contributed by atoms with van der Waals surface area (Å²) >= 11 is 0. The van der Waals surface area contributed by atoms with Crippen LogP contribution in [0.15, 0.2) is 42.5 Å². The molecular weight excluding hydrogens is 320 g/mol. The van der Waals surface area contributed by atoms with Gasteiger partial charge in [0.05, 0.1) is 6.04 Å². The molecule has 0 aliphatic rings. The van der Waals surface area contributed by atoms with E-state index in [1.165, 1.54) is 37.3 Å². The zero-order valence-corrected chi connectivity index (χ0v) is 12.8. The number of nitrogens with one attached hydrogen (secondary N) is 1. The van der Waals surface area contributed by atoms with Crippen molar-refractivity contribution in [2.45, 2.75) is 13.0 Å². The van der Waals surface area contributed by atoms with E-state index in [1.54, 1.807) is 0 Å². The van der Waals surface area contributed by atoms with E-state index in [0.29, 0.717) is 0 Å². The van der Waals surface area contributed by atoms with Crippen molar-refractivity contribution in [1.82, 2.24) is 5.32 Å². The van der Waals surface area contributed by atoms with Gasteiger partial charge in [-0.1, -0.05) is 18.2 Å². The fourth-order valence-electron chi connectivity index (χ4n) is 2.07. The molecule has 126 valence electrons. The Morgan fingerprint density at radius 3 is 2.58 bits per heavy atom. The normalized spacial score (nSPS) is 11.6. The van der Waals surface area contributed by atoms with Crippen LogP contribution in [-0.2, 0) is 9.53 Å². The first-order valence-corrected chi connectivity index (χ1v) is 7.08. The minimum absolute atomic E-state index is 0.0667. The van der Waals surface area contributed by atoms with Crippen LogP contribution in [0.25, 0.3) is 0 Å². The first-order chi connectivity index (χ1) is 11.4. The summed E-state index contributed by atoms with van der Waals surface area (Å²) in [5.41, 5.74) is 0.0414. The topological polar surface area (TPSA) is 75.6 Å². The second kappa shape index (κ2) is 7.54. The maximum absolute atomic E-state index is 13.6. The predicted molar refractivity (Wildman–Crippen MR) is 81.3 cm³/mol. The Hall–Kier alpha value is -2.96. The van der Waals surface area contributed by atoms with Crippen molar-refractivity contribution in [3.8, 4) is 5.75 Å². The second-order valence-electron chi connectivity index (χ2n) is 5.05. The van der Waals surface area contributed by atoms with Gasteiger partial charge in [-0.3, -0.25) is 4.79 Å².